The molecular formula is C14H20N2O2. The molecule has 1 fully saturated rings. The molecule has 1 amide bonds. The predicted molar refractivity (Wildman–Crippen MR) is 70.1 cm³/mol. The maximum Gasteiger partial charge on any atom is 0.229 e. The van der Waals surface area contributed by atoms with Gasteiger partial charge in [-0.05, 0) is 12.0 Å². The summed E-state index contributed by atoms with van der Waals surface area (Å²) in [4.78, 5) is 13.9. The normalized spacial score (nSPS) is 23.0. The third kappa shape index (κ3) is 3.09. The van der Waals surface area contributed by atoms with E-state index in [1.54, 1.807) is 4.90 Å². The van der Waals surface area contributed by atoms with E-state index in [1.165, 1.54) is 5.56 Å². The molecule has 4 heteroatoms. The fourth-order valence-electron chi connectivity index (χ4n) is 2.16. The minimum atomic E-state index is -0.175. The van der Waals surface area contributed by atoms with E-state index >= 15 is 0 Å². The van der Waals surface area contributed by atoms with Gasteiger partial charge in [0.1, 0.15) is 0 Å². The Bertz CT molecular complexity index is 394. The number of carbonyl (C=O) groups is 1. The van der Waals surface area contributed by atoms with Gasteiger partial charge in [-0.15, -0.1) is 0 Å². The summed E-state index contributed by atoms with van der Waals surface area (Å²) in [5, 5.41) is 0. The van der Waals surface area contributed by atoms with Crippen LogP contribution in [0, 0.1) is 5.92 Å². The molecule has 0 spiro atoms. The summed E-state index contributed by atoms with van der Waals surface area (Å²) in [5.41, 5.74) is 7.09. The van der Waals surface area contributed by atoms with Gasteiger partial charge in [-0.2, -0.15) is 0 Å². The fourth-order valence-corrected chi connectivity index (χ4v) is 2.16. The van der Waals surface area contributed by atoms with Crippen molar-refractivity contribution in [3.8, 4) is 0 Å². The van der Waals surface area contributed by atoms with Crippen molar-refractivity contribution in [1.29, 1.82) is 0 Å². The van der Waals surface area contributed by atoms with Gasteiger partial charge in [0.05, 0.1) is 19.1 Å². The smallest absolute Gasteiger partial charge is 0.229 e. The monoisotopic (exact) mass is 248 g/mol. The van der Waals surface area contributed by atoms with Crippen LogP contribution < -0.4 is 5.73 Å². The number of rotatable bonds is 4. The van der Waals surface area contributed by atoms with Crippen LogP contribution in [0.3, 0.4) is 0 Å². The van der Waals surface area contributed by atoms with Gasteiger partial charge in [0.25, 0.3) is 0 Å². The number of nitrogens with zero attached hydrogens (tertiary/aromatic N) is 1. The predicted octanol–water partition coefficient (Wildman–Crippen LogP) is 0.661. The van der Waals surface area contributed by atoms with Crippen LogP contribution in [-0.2, 0) is 16.0 Å². The van der Waals surface area contributed by atoms with Gasteiger partial charge in [0, 0.05) is 19.6 Å². The van der Waals surface area contributed by atoms with Crippen LogP contribution in [0.15, 0.2) is 30.3 Å². The Kier molecular flexibility index (Phi) is 4.33. The van der Waals surface area contributed by atoms with Crippen molar-refractivity contribution in [2.24, 2.45) is 11.7 Å². The van der Waals surface area contributed by atoms with E-state index in [-0.39, 0.29) is 17.9 Å². The molecule has 0 aliphatic carbocycles. The van der Waals surface area contributed by atoms with Crippen molar-refractivity contribution < 1.29 is 9.53 Å². The van der Waals surface area contributed by atoms with Crippen LogP contribution in [0.4, 0.5) is 0 Å². The molecule has 18 heavy (non-hydrogen) atoms. The van der Waals surface area contributed by atoms with Crippen molar-refractivity contribution in [3.63, 3.8) is 0 Å². The first-order valence-electron chi connectivity index (χ1n) is 6.30. The van der Waals surface area contributed by atoms with Crippen LogP contribution in [0.25, 0.3) is 0 Å². The average molecular weight is 248 g/mol. The highest BCUT2D eigenvalue weighted by Crippen LogP contribution is 2.14. The Labute approximate surface area is 108 Å². The summed E-state index contributed by atoms with van der Waals surface area (Å²) < 4.78 is 5.23. The minimum Gasteiger partial charge on any atom is -0.379 e. The summed E-state index contributed by atoms with van der Waals surface area (Å²) in [6, 6.07) is 10.0. The summed E-state index contributed by atoms with van der Waals surface area (Å²) in [5.74, 6) is -0.0818. The van der Waals surface area contributed by atoms with Gasteiger partial charge in [-0.25, -0.2) is 0 Å². The van der Waals surface area contributed by atoms with Crippen LogP contribution >= 0.6 is 0 Å². The second kappa shape index (κ2) is 5.98. The Morgan fingerprint density at radius 1 is 1.39 bits per heavy atom. The largest absolute Gasteiger partial charge is 0.379 e. The molecule has 1 aliphatic heterocycles. The Morgan fingerprint density at radius 3 is 2.72 bits per heavy atom. The Balaban J connectivity index is 1.84. The van der Waals surface area contributed by atoms with Crippen LogP contribution in [-0.4, -0.2) is 43.7 Å². The van der Waals surface area contributed by atoms with Gasteiger partial charge in [0.2, 0.25) is 5.91 Å². The van der Waals surface area contributed by atoms with Crippen molar-refractivity contribution in [2.45, 2.75) is 12.5 Å². The van der Waals surface area contributed by atoms with Crippen molar-refractivity contribution in [1.82, 2.24) is 4.90 Å². The SMILES string of the molecule is CN(CCc1ccccc1)C(=O)C1COCC1N. The molecule has 1 aliphatic rings. The third-order valence-corrected chi connectivity index (χ3v) is 3.40. The molecule has 4 nitrogen and oxygen atoms in total. The van der Waals surface area contributed by atoms with Gasteiger partial charge in [0.15, 0.2) is 0 Å². The topological polar surface area (TPSA) is 55.6 Å². The van der Waals surface area contributed by atoms with E-state index in [0.717, 1.165) is 6.42 Å². The number of likely N-dealkylation sites (N-methyl/N-ethyl adjacent to an activating group) is 1. The van der Waals surface area contributed by atoms with E-state index < -0.39 is 0 Å². The molecule has 1 aromatic carbocycles. The quantitative estimate of drug-likeness (QED) is 0.851. The number of carbonyl (C=O) groups excluding carboxylic acids is 1. The molecule has 0 aromatic heterocycles. The first kappa shape index (κ1) is 13.1. The van der Waals surface area contributed by atoms with Crippen molar-refractivity contribution in [3.05, 3.63) is 35.9 Å². The summed E-state index contributed by atoms with van der Waals surface area (Å²) >= 11 is 0. The maximum absolute atomic E-state index is 12.1. The fraction of sp³-hybridized carbons (Fsp3) is 0.500. The molecule has 2 rings (SSSR count). The molecule has 2 atom stereocenters. The third-order valence-electron chi connectivity index (χ3n) is 3.40. The van der Waals surface area contributed by atoms with Crippen molar-refractivity contribution in [2.75, 3.05) is 26.8 Å². The number of amides is 1. The van der Waals surface area contributed by atoms with E-state index in [1.807, 2.05) is 25.2 Å². The van der Waals surface area contributed by atoms with Gasteiger partial charge in [-0.1, -0.05) is 30.3 Å². The molecule has 0 bridgehead atoms. The molecule has 98 valence electrons. The molecule has 0 saturated carbocycles. The van der Waals surface area contributed by atoms with E-state index in [9.17, 15) is 4.79 Å². The second-order valence-corrected chi connectivity index (χ2v) is 4.80. The average Bonchev–Trinajstić information content (AvgIpc) is 2.82. The summed E-state index contributed by atoms with van der Waals surface area (Å²) in [6.07, 6.45) is 0.867. The van der Waals surface area contributed by atoms with Gasteiger partial charge >= 0.3 is 0 Å². The molecule has 0 radical (unpaired) electrons. The zero-order chi connectivity index (χ0) is 13.0. The van der Waals surface area contributed by atoms with E-state index in [4.69, 9.17) is 10.5 Å². The molecule has 2 N–H and O–H groups in total. The highest BCUT2D eigenvalue weighted by molar-refractivity contribution is 5.79. The zero-order valence-electron chi connectivity index (χ0n) is 10.7. The lowest BCUT2D eigenvalue weighted by atomic mass is 10.0. The zero-order valence-corrected chi connectivity index (χ0v) is 10.7. The summed E-state index contributed by atoms with van der Waals surface area (Å²) in [6.45, 7) is 1.66. The lowest BCUT2D eigenvalue weighted by molar-refractivity contribution is -0.134. The molecule has 1 saturated heterocycles. The Hall–Kier alpha value is -1.39. The lowest BCUT2D eigenvalue weighted by Gasteiger charge is -2.22. The van der Waals surface area contributed by atoms with E-state index in [0.29, 0.717) is 19.8 Å². The highest BCUT2D eigenvalue weighted by atomic mass is 16.5. The van der Waals surface area contributed by atoms with Crippen molar-refractivity contribution >= 4 is 5.91 Å². The molecule has 2 unspecified atom stereocenters. The number of nitrogens with two attached hydrogens (primary N) is 1. The van der Waals surface area contributed by atoms with Crippen LogP contribution in [0.1, 0.15) is 5.56 Å². The first-order chi connectivity index (χ1) is 8.68. The number of ether oxygens (including phenoxy) is 1. The first-order valence-corrected chi connectivity index (χ1v) is 6.30. The highest BCUT2D eigenvalue weighted by Gasteiger charge is 2.32. The van der Waals surface area contributed by atoms with Crippen LogP contribution in [0.5, 0.6) is 0 Å². The van der Waals surface area contributed by atoms with E-state index in [2.05, 4.69) is 12.1 Å². The van der Waals surface area contributed by atoms with Gasteiger partial charge < -0.3 is 15.4 Å². The minimum absolute atomic E-state index is 0.0935. The molecule has 1 heterocycles. The summed E-state index contributed by atoms with van der Waals surface area (Å²) in [7, 11) is 1.83. The molecular weight excluding hydrogens is 228 g/mol. The lowest BCUT2D eigenvalue weighted by Crippen LogP contribution is -2.42. The number of benzene rings is 1. The number of hydrogen-bond donors (Lipinski definition) is 1. The van der Waals surface area contributed by atoms with Crippen LogP contribution in [0.2, 0.25) is 0 Å². The standard InChI is InChI=1S/C14H20N2O2/c1-16(8-7-11-5-3-2-4-6-11)14(17)12-9-18-10-13(12)15/h2-6,12-13H,7-10,15H2,1H3. The number of hydrogen-bond acceptors (Lipinski definition) is 3. The maximum atomic E-state index is 12.1. The van der Waals surface area contributed by atoms with Gasteiger partial charge in [-0.3, -0.25) is 4.79 Å². The second-order valence-electron chi connectivity index (χ2n) is 4.80. The Morgan fingerprint density at radius 2 is 2.11 bits per heavy atom. The molecule has 1 aromatic rings.